The maximum atomic E-state index is 12.2. The average molecular weight is 304 g/mol. The van der Waals surface area contributed by atoms with Gasteiger partial charge < -0.3 is 14.6 Å². The first-order chi connectivity index (χ1) is 10.5. The predicted molar refractivity (Wildman–Crippen MR) is 80.5 cm³/mol. The molecule has 6 nitrogen and oxygen atoms in total. The van der Waals surface area contributed by atoms with Crippen molar-refractivity contribution in [3.05, 3.63) is 47.2 Å². The van der Waals surface area contributed by atoms with Gasteiger partial charge in [-0.05, 0) is 25.5 Å². The van der Waals surface area contributed by atoms with E-state index in [1.807, 2.05) is 0 Å². The fourth-order valence-electron chi connectivity index (χ4n) is 2.04. The molecular formula is C16H20N2O4. The zero-order chi connectivity index (χ0) is 16.1. The van der Waals surface area contributed by atoms with Gasteiger partial charge in [-0.3, -0.25) is 4.68 Å². The van der Waals surface area contributed by atoms with Gasteiger partial charge in [0, 0.05) is 24.9 Å². The standard InChI is InChI=1S/C16H20N2O4/c1-11(2)22-16(20)13-6-4-5-12(9-19)14(13)10-21-15-7-8-18(3)17-15/h4-8,11,19H,9-10H2,1-3H3. The van der Waals surface area contributed by atoms with Crippen LogP contribution in [0.4, 0.5) is 0 Å². The Bertz CT molecular complexity index is 649. The fraction of sp³-hybridized carbons (Fsp3) is 0.375. The number of hydrogen-bond donors (Lipinski definition) is 1. The summed E-state index contributed by atoms with van der Waals surface area (Å²) >= 11 is 0. The molecule has 0 aliphatic rings. The lowest BCUT2D eigenvalue weighted by atomic mass is 10.0. The summed E-state index contributed by atoms with van der Waals surface area (Å²) in [4.78, 5) is 12.2. The minimum absolute atomic E-state index is 0.135. The molecule has 2 aromatic rings. The summed E-state index contributed by atoms with van der Waals surface area (Å²) in [6.07, 6.45) is 1.55. The van der Waals surface area contributed by atoms with Gasteiger partial charge in [-0.2, -0.15) is 0 Å². The number of rotatable bonds is 6. The number of nitrogens with zero attached hydrogens (tertiary/aromatic N) is 2. The molecule has 2 rings (SSSR count). The average Bonchev–Trinajstić information content (AvgIpc) is 2.89. The molecule has 0 unspecified atom stereocenters. The Kier molecular flexibility index (Phi) is 5.16. The third-order valence-corrected chi connectivity index (χ3v) is 3.06. The summed E-state index contributed by atoms with van der Waals surface area (Å²) in [5.41, 5.74) is 1.65. The van der Waals surface area contributed by atoms with Gasteiger partial charge in [-0.15, -0.1) is 5.10 Å². The highest BCUT2D eigenvalue weighted by atomic mass is 16.5. The molecule has 0 saturated heterocycles. The van der Waals surface area contributed by atoms with Crippen LogP contribution >= 0.6 is 0 Å². The number of carbonyl (C=O) groups excluding carboxylic acids is 1. The molecule has 0 fully saturated rings. The minimum Gasteiger partial charge on any atom is -0.472 e. The summed E-state index contributed by atoms with van der Waals surface area (Å²) in [6, 6.07) is 6.87. The molecule has 1 aromatic heterocycles. The molecule has 0 aliphatic carbocycles. The molecule has 0 bridgehead atoms. The second kappa shape index (κ2) is 7.09. The van der Waals surface area contributed by atoms with Crippen LogP contribution in [0.15, 0.2) is 30.5 Å². The van der Waals surface area contributed by atoms with E-state index in [-0.39, 0.29) is 19.3 Å². The first kappa shape index (κ1) is 16.0. The van der Waals surface area contributed by atoms with Crippen molar-refractivity contribution in [2.45, 2.75) is 33.2 Å². The molecule has 0 spiro atoms. The Morgan fingerprint density at radius 2 is 2.14 bits per heavy atom. The van der Waals surface area contributed by atoms with Gasteiger partial charge in [-0.1, -0.05) is 12.1 Å². The molecule has 0 saturated carbocycles. The van der Waals surface area contributed by atoms with Gasteiger partial charge >= 0.3 is 5.97 Å². The van der Waals surface area contributed by atoms with Crippen LogP contribution < -0.4 is 4.74 Å². The topological polar surface area (TPSA) is 73.6 Å². The van der Waals surface area contributed by atoms with Crippen molar-refractivity contribution in [2.75, 3.05) is 0 Å². The number of carbonyl (C=O) groups is 1. The van der Waals surface area contributed by atoms with E-state index in [9.17, 15) is 9.90 Å². The SMILES string of the molecule is CC(C)OC(=O)c1cccc(CO)c1COc1ccn(C)n1. The molecule has 0 amide bonds. The molecule has 1 N–H and O–H groups in total. The van der Waals surface area contributed by atoms with Gasteiger partial charge in [0.1, 0.15) is 6.61 Å². The van der Waals surface area contributed by atoms with Gasteiger partial charge in [-0.25, -0.2) is 4.79 Å². The highest BCUT2D eigenvalue weighted by Crippen LogP contribution is 2.19. The molecule has 1 aromatic carbocycles. The number of hydrogen-bond acceptors (Lipinski definition) is 5. The van der Waals surface area contributed by atoms with E-state index >= 15 is 0 Å². The molecular weight excluding hydrogens is 284 g/mol. The van der Waals surface area contributed by atoms with Gasteiger partial charge in [0.25, 0.3) is 0 Å². The number of ether oxygens (including phenoxy) is 2. The highest BCUT2D eigenvalue weighted by molar-refractivity contribution is 5.91. The van der Waals surface area contributed by atoms with E-state index < -0.39 is 5.97 Å². The summed E-state index contributed by atoms with van der Waals surface area (Å²) < 4.78 is 12.5. The van der Waals surface area contributed by atoms with Crippen LogP contribution in [0.5, 0.6) is 5.88 Å². The monoisotopic (exact) mass is 304 g/mol. The minimum atomic E-state index is -0.426. The maximum Gasteiger partial charge on any atom is 0.338 e. The Labute approximate surface area is 129 Å². The molecule has 22 heavy (non-hydrogen) atoms. The van der Waals surface area contributed by atoms with E-state index in [0.29, 0.717) is 22.6 Å². The predicted octanol–water partition coefficient (Wildman–Crippen LogP) is 2.06. The van der Waals surface area contributed by atoms with Crippen LogP contribution in [-0.4, -0.2) is 27.0 Å². The number of aliphatic hydroxyl groups is 1. The molecule has 118 valence electrons. The van der Waals surface area contributed by atoms with Crippen LogP contribution in [0, 0.1) is 0 Å². The number of aromatic nitrogens is 2. The van der Waals surface area contributed by atoms with Crippen LogP contribution in [-0.2, 0) is 25.0 Å². The zero-order valence-corrected chi connectivity index (χ0v) is 12.9. The number of esters is 1. The van der Waals surface area contributed by atoms with E-state index in [4.69, 9.17) is 9.47 Å². The molecule has 0 atom stereocenters. The maximum absolute atomic E-state index is 12.2. The van der Waals surface area contributed by atoms with Gasteiger partial charge in [0.15, 0.2) is 0 Å². The van der Waals surface area contributed by atoms with Crippen molar-refractivity contribution < 1.29 is 19.4 Å². The smallest absolute Gasteiger partial charge is 0.338 e. The van der Waals surface area contributed by atoms with Crippen molar-refractivity contribution in [3.8, 4) is 5.88 Å². The van der Waals surface area contributed by atoms with Crippen molar-refractivity contribution in [3.63, 3.8) is 0 Å². The Morgan fingerprint density at radius 3 is 2.73 bits per heavy atom. The summed E-state index contributed by atoms with van der Waals surface area (Å²) in [6.45, 7) is 3.54. The Morgan fingerprint density at radius 1 is 1.36 bits per heavy atom. The Balaban J connectivity index is 2.24. The molecule has 0 radical (unpaired) electrons. The van der Waals surface area contributed by atoms with Crippen LogP contribution in [0.1, 0.15) is 35.3 Å². The van der Waals surface area contributed by atoms with E-state index in [0.717, 1.165) is 0 Å². The van der Waals surface area contributed by atoms with E-state index in [1.54, 1.807) is 56.0 Å². The Hall–Kier alpha value is -2.34. The van der Waals surface area contributed by atoms with Gasteiger partial charge in [0.2, 0.25) is 5.88 Å². The second-order valence-electron chi connectivity index (χ2n) is 5.17. The summed E-state index contributed by atoms with van der Waals surface area (Å²) in [5, 5.41) is 13.6. The highest BCUT2D eigenvalue weighted by Gasteiger charge is 2.17. The van der Waals surface area contributed by atoms with Crippen molar-refractivity contribution in [1.82, 2.24) is 9.78 Å². The lowest BCUT2D eigenvalue weighted by Gasteiger charge is -2.14. The lowest BCUT2D eigenvalue weighted by molar-refractivity contribution is 0.0374. The third-order valence-electron chi connectivity index (χ3n) is 3.06. The van der Waals surface area contributed by atoms with Crippen molar-refractivity contribution >= 4 is 5.97 Å². The number of aryl methyl sites for hydroxylation is 1. The summed E-state index contributed by atoms with van der Waals surface area (Å²) in [7, 11) is 1.79. The number of aliphatic hydroxyl groups excluding tert-OH is 1. The largest absolute Gasteiger partial charge is 0.472 e. The fourth-order valence-corrected chi connectivity index (χ4v) is 2.04. The van der Waals surface area contributed by atoms with Crippen LogP contribution in [0.25, 0.3) is 0 Å². The summed E-state index contributed by atoms with van der Waals surface area (Å²) in [5.74, 6) is 0.0309. The van der Waals surface area contributed by atoms with Crippen LogP contribution in [0.2, 0.25) is 0 Å². The van der Waals surface area contributed by atoms with E-state index in [2.05, 4.69) is 5.10 Å². The van der Waals surface area contributed by atoms with Crippen molar-refractivity contribution in [1.29, 1.82) is 0 Å². The van der Waals surface area contributed by atoms with Crippen LogP contribution in [0.3, 0.4) is 0 Å². The quantitative estimate of drug-likeness (QED) is 0.827. The molecule has 0 aliphatic heterocycles. The molecule has 6 heteroatoms. The molecule has 1 heterocycles. The first-order valence-electron chi connectivity index (χ1n) is 7.06. The van der Waals surface area contributed by atoms with Crippen molar-refractivity contribution in [2.24, 2.45) is 7.05 Å². The van der Waals surface area contributed by atoms with Gasteiger partial charge in [0.05, 0.1) is 18.3 Å². The normalized spacial score (nSPS) is 10.8. The third kappa shape index (κ3) is 3.85. The zero-order valence-electron chi connectivity index (χ0n) is 12.9. The second-order valence-corrected chi connectivity index (χ2v) is 5.17. The van der Waals surface area contributed by atoms with E-state index in [1.165, 1.54) is 0 Å². The lowest BCUT2D eigenvalue weighted by Crippen LogP contribution is -2.16. The number of benzene rings is 1. The first-order valence-corrected chi connectivity index (χ1v) is 7.06.